The van der Waals surface area contributed by atoms with Crippen LogP contribution in [0, 0.1) is 29.1 Å². The van der Waals surface area contributed by atoms with Gasteiger partial charge in [-0.3, -0.25) is 0 Å². The van der Waals surface area contributed by atoms with Gasteiger partial charge >= 0.3 is 6.18 Å². The zero-order valence-corrected chi connectivity index (χ0v) is 18.7. The molecule has 0 N–H and O–H groups in total. The summed E-state index contributed by atoms with van der Waals surface area (Å²) >= 11 is 0. The van der Waals surface area contributed by atoms with Crippen LogP contribution in [0.25, 0.3) is 33.0 Å². The SMILES string of the molecule is C=CCOc1cc(F)c(-c2ccc(-c3ccc4c(F)c(OCC(F)(F)F)c(F)cc4c3)c(F)c2)c(F)c1. The third-order valence-electron chi connectivity index (χ3n) is 5.32. The molecule has 0 saturated heterocycles. The average Bonchev–Trinajstić information content (AvgIpc) is 2.81. The predicted octanol–water partition coefficient (Wildman–Crippen LogP) is 8.38. The summed E-state index contributed by atoms with van der Waals surface area (Å²) in [5.74, 6) is -6.80. The fourth-order valence-electron chi connectivity index (χ4n) is 3.73. The molecule has 10 heteroatoms. The molecule has 0 aliphatic rings. The van der Waals surface area contributed by atoms with Crippen LogP contribution in [0.5, 0.6) is 11.5 Å². The van der Waals surface area contributed by atoms with Gasteiger partial charge in [-0.15, -0.1) is 0 Å². The van der Waals surface area contributed by atoms with Gasteiger partial charge in [-0.2, -0.15) is 13.2 Å². The molecule has 0 radical (unpaired) electrons. The first kappa shape index (κ1) is 26.0. The molecule has 0 aliphatic heterocycles. The van der Waals surface area contributed by atoms with Crippen LogP contribution < -0.4 is 9.47 Å². The van der Waals surface area contributed by atoms with Crippen LogP contribution in [-0.2, 0) is 0 Å². The Labute approximate surface area is 205 Å². The molecular formula is C27H16F8O2. The van der Waals surface area contributed by atoms with Crippen LogP contribution in [0.15, 0.2) is 67.3 Å². The molecule has 0 spiro atoms. The molecule has 0 atom stereocenters. The molecule has 0 fully saturated rings. The molecule has 0 amide bonds. The van der Waals surface area contributed by atoms with Gasteiger partial charge < -0.3 is 9.47 Å². The van der Waals surface area contributed by atoms with Gasteiger partial charge in [0.25, 0.3) is 0 Å². The lowest BCUT2D eigenvalue weighted by Gasteiger charge is -2.13. The van der Waals surface area contributed by atoms with Crippen LogP contribution in [0.2, 0.25) is 0 Å². The van der Waals surface area contributed by atoms with Crippen molar-refractivity contribution in [1.29, 1.82) is 0 Å². The van der Waals surface area contributed by atoms with Gasteiger partial charge in [0.2, 0.25) is 0 Å². The molecule has 37 heavy (non-hydrogen) atoms. The van der Waals surface area contributed by atoms with E-state index in [2.05, 4.69) is 11.3 Å². The number of halogens is 8. The van der Waals surface area contributed by atoms with Crippen molar-refractivity contribution in [1.82, 2.24) is 0 Å². The smallest absolute Gasteiger partial charge is 0.422 e. The summed E-state index contributed by atoms with van der Waals surface area (Å²) in [5, 5.41) is -0.315. The second-order valence-corrected chi connectivity index (χ2v) is 7.90. The van der Waals surface area contributed by atoms with Crippen molar-refractivity contribution in [2.75, 3.05) is 13.2 Å². The molecule has 0 heterocycles. The lowest BCUT2D eigenvalue weighted by Crippen LogP contribution is -2.20. The molecule has 2 nitrogen and oxygen atoms in total. The van der Waals surface area contributed by atoms with E-state index in [0.29, 0.717) is 0 Å². The largest absolute Gasteiger partial charge is 0.489 e. The van der Waals surface area contributed by atoms with Crippen LogP contribution in [0.4, 0.5) is 35.1 Å². The van der Waals surface area contributed by atoms with E-state index in [1.54, 1.807) is 0 Å². The van der Waals surface area contributed by atoms with Gasteiger partial charge in [0, 0.05) is 23.1 Å². The summed E-state index contributed by atoms with van der Waals surface area (Å²) in [5.41, 5.74) is -0.467. The number of benzene rings is 4. The van der Waals surface area contributed by atoms with Crippen molar-refractivity contribution >= 4 is 10.8 Å². The molecule has 0 bridgehead atoms. The molecule has 0 aromatic heterocycles. The predicted molar refractivity (Wildman–Crippen MR) is 122 cm³/mol. The summed E-state index contributed by atoms with van der Waals surface area (Å²) < 4.78 is 120. The normalized spacial score (nSPS) is 11.6. The standard InChI is InChI=1S/C27H16F8O2/c1-2-7-36-17-11-21(29)24(22(30)12-17)15-4-5-18(20(28)9-15)14-3-6-19-16(8-14)10-23(31)26(25(19)32)37-13-27(33,34)35/h2-6,8-12H,1,7,13H2. The van der Waals surface area contributed by atoms with Gasteiger partial charge in [-0.25, -0.2) is 22.0 Å². The van der Waals surface area contributed by atoms with Crippen molar-refractivity contribution in [3.63, 3.8) is 0 Å². The van der Waals surface area contributed by atoms with Crippen LogP contribution in [0.3, 0.4) is 0 Å². The Morgan fingerprint density at radius 2 is 1.41 bits per heavy atom. The number of rotatable bonds is 7. The Morgan fingerprint density at radius 3 is 2.03 bits per heavy atom. The minimum atomic E-state index is -4.80. The highest BCUT2D eigenvalue weighted by Gasteiger charge is 2.30. The highest BCUT2D eigenvalue weighted by molar-refractivity contribution is 5.89. The Morgan fingerprint density at radius 1 is 0.730 bits per heavy atom. The summed E-state index contributed by atoms with van der Waals surface area (Å²) in [6.45, 7) is 1.59. The molecule has 0 unspecified atom stereocenters. The summed E-state index contributed by atoms with van der Waals surface area (Å²) in [6, 6.07) is 9.70. The molecule has 4 rings (SSSR count). The van der Waals surface area contributed by atoms with Gasteiger partial charge in [-0.1, -0.05) is 36.9 Å². The highest BCUT2D eigenvalue weighted by atomic mass is 19.4. The average molecular weight is 524 g/mol. The minimum absolute atomic E-state index is 0.0308. The van der Waals surface area contributed by atoms with Gasteiger partial charge in [-0.05, 0) is 34.7 Å². The van der Waals surface area contributed by atoms with E-state index in [-0.39, 0.29) is 39.8 Å². The zero-order valence-electron chi connectivity index (χ0n) is 18.7. The number of fused-ring (bicyclic) bond motifs is 1. The monoisotopic (exact) mass is 524 g/mol. The fourth-order valence-corrected chi connectivity index (χ4v) is 3.73. The molecular weight excluding hydrogens is 508 g/mol. The molecule has 4 aromatic carbocycles. The lowest BCUT2D eigenvalue weighted by atomic mass is 9.97. The fraction of sp³-hybridized carbons (Fsp3) is 0.111. The zero-order chi connectivity index (χ0) is 26.9. The maximum absolute atomic E-state index is 15.0. The molecule has 0 aliphatic carbocycles. The maximum atomic E-state index is 15.0. The third-order valence-corrected chi connectivity index (χ3v) is 5.32. The number of alkyl halides is 3. The summed E-state index contributed by atoms with van der Waals surface area (Å²) in [7, 11) is 0. The lowest BCUT2D eigenvalue weighted by molar-refractivity contribution is -0.154. The van der Waals surface area contributed by atoms with Crippen molar-refractivity contribution in [3.8, 4) is 33.8 Å². The summed E-state index contributed by atoms with van der Waals surface area (Å²) in [6.07, 6.45) is -3.40. The number of hydrogen-bond acceptors (Lipinski definition) is 2. The van der Waals surface area contributed by atoms with Crippen LogP contribution >= 0.6 is 0 Å². The Balaban J connectivity index is 1.69. The Hall–Kier alpha value is -4.08. The van der Waals surface area contributed by atoms with Crippen LogP contribution in [0.1, 0.15) is 0 Å². The number of hydrogen-bond donors (Lipinski definition) is 0. The second-order valence-electron chi connectivity index (χ2n) is 7.90. The van der Waals surface area contributed by atoms with Gasteiger partial charge in [0.15, 0.2) is 24.0 Å². The van der Waals surface area contributed by atoms with Crippen LogP contribution in [-0.4, -0.2) is 19.4 Å². The van der Waals surface area contributed by atoms with E-state index in [9.17, 15) is 30.7 Å². The van der Waals surface area contributed by atoms with E-state index in [0.717, 1.165) is 30.3 Å². The molecule has 192 valence electrons. The van der Waals surface area contributed by atoms with E-state index >= 15 is 4.39 Å². The first-order chi connectivity index (χ1) is 17.5. The van der Waals surface area contributed by atoms with Gasteiger partial charge in [0.05, 0.1) is 5.56 Å². The van der Waals surface area contributed by atoms with E-state index in [4.69, 9.17) is 4.74 Å². The van der Waals surface area contributed by atoms with Crippen molar-refractivity contribution in [2.45, 2.75) is 6.18 Å². The third kappa shape index (κ3) is 5.52. The summed E-state index contributed by atoms with van der Waals surface area (Å²) in [4.78, 5) is 0. The second kappa shape index (κ2) is 10.1. The first-order valence-corrected chi connectivity index (χ1v) is 10.6. The Kier molecular flexibility index (Phi) is 7.11. The minimum Gasteiger partial charge on any atom is -0.489 e. The van der Waals surface area contributed by atoms with Crippen molar-refractivity contribution in [3.05, 3.63) is 96.3 Å². The number of ether oxygens (including phenoxy) is 2. The van der Waals surface area contributed by atoms with Gasteiger partial charge in [0.1, 0.15) is 29.8 Å². The maximum Gasteiger partial charge on any atom is 0.422 e. The highest BCUT2D eigenvalue weighted by Crippen LogP contribution is 2.36. The quantitative estimate of drug-likeness (QED) is 0.179. The molecule has 4 aromatic rings. The molecule has 0 saturated carbocycles. The topological polar surface area (TPSA) is 18.5 Å². The van der Waals surface area contributed by atoms with E-state index in [1.807, 2.05) is 0 Å². The van der Waals surface area contributed by atoms with Crippen molar-refractivity contribution < 1.29 is 44.6 Å². The van der Waals surface area contributed by atoms with E-state index < -0.39 is 53.2 Å². The Bertz CT molecular complexity index is 1470. The van der Waals surface area contributed by atoms with E-state index in [1.165, 1.54) is 30.3 Å². The van der Waals surface area contributed by atoms with Crippen molar-refractivity contribution in [2.24, 2.45) is 0 Å². The first-order valence-electron chi connectivity index (χ1n) is 10.6.